The molecule has 0 aromatic heterocycles. The van der Waals surface area contributed by atoms with Crippen LogP contribution in [0.2, 0.25) is 0 Å². The molecule has 1 atom stereocenters. The van der Waals surface area contributed by atoms with Gasteiger partial charge in [0.1, 0.15) is 23.9 Å². The van der Waals surface area contributed by atoms with Crippen LogP contribution in [0.1, 0.15) is 92.4 Å². The number of carbonyl (C=O) groups excluding carboxylic acids is 2. The van der Waals surface area contributed by atoms with Gasteiger partial charge in [0.05, 0.1) is 23.8 Å². The van der Waals surface area contributed by atoms with Crippen LogP contribution in [0.4, 0.5) is 35.1 Å². The summed E-state index contributed by atoms with van der Waals surface area (Å²) in [5.74, 6) is -13.5. The Labute approximate surface area is 297 Å². The van der Waals surface area contributed by atoms with E-state index in [9.17, 15) is 44.7 Å². The van der Waals surface area contributed by atoms with Crippen molar-refractivity contribution in [3.8, 4) is 22.6 Å². The number of unbranched alkanes of at least 4 members (excludes halogenated alkanes) is 6. The molecular weight excluding hydrogens is 704 g/mol. The minimum Gasteiger partial charge on any atom is -0.493 e. The summed E-state index contributed by atoms with van der Waals surface area (Å²) in [5, 5.41) is 0. The molecule has 14 heteroatoms. The van der Waals surface area contributed by atoms with E-state index in [1.807, 2.05) is 6.92 Å². The summed E-state index contributed by atoms with van der Waals surface area (Å²) >= 11 is 0. The average molecular weight is 747 g/mol. The molecule has 0 heterocycles. The molecule has 0 aliphatic carbocycles. The Hall–Kier alpha value is -4.20. The van der Waals surface area contributed by atoms with Crippen molar-refractivity contribution in [2.45, 2.75) is 95.8 Å². The van der Waals surface area contributed by atoms with Gasteiger partial charge in [-0.15, -0.1) is 0 Å². The minimum absolute atomic E-state index is 0.123. The molecule has 0 spiro atoms. The number of ether oxygens (including phenoxy) is 4. The largest absolute Gasteiger partial charge is 0.493 e. The highest BCUT2D eigenvalue weighted by atomic mass is 19.4. The van der Waals surface area contributed by atoms with Crippen LogP contribution in [-0.4, -0.2) is 55.9 Å². The monoisotopic (exact) mass is 746 g/mol. The Morgan fingerprint density at radius 3 is 1.87 bits per heavy atom. The van der Waals surface area contributed by atoms with E-state index in [1.54, 1.807) is 48.5 Å². The topological polar surface area (TPSA) is 71.1 Å². The first-order valence-corrected chi connectivity index (χ1v) is 17.0. The summed E-state index contributed by atoms with van der Waals surface area (Å²) in [4.78, 5) is 25.1. The molecule has 0 radical (unpaired) electrons. The third-order valence-corrected chi connectivity index (χ3v) is 8.00. The van der Waals surface area contributed by atoms with Crippen molar-refractivity contribution in [3.63, 3.8) is 0 Å². The fourth-order valence-electron chi connectivity index (χ4n) is 4.94. The van der Waals surface area contributed by atoms with Crippen LogP contribution in [0.15, 0.2) is 66.7 Å². The second-order valence-electron chi connectivity index (χ2n) is 12.3. The Morgan fingerprint density at radius 1 is 0.692 bits per heavy atom. The molecule has 286 valence electrons. The van der Waals surface area contributed by atoms with Gasteiger partial charge in [0, 0.05) is 12.7 Å². The van der Waals surface area contributed by atoms with Gasteiger partial charge in [-0.1, -0.05) is 56.9 Å². The second-order valence-corrected chi connectivity index (χ2v) is 12.3. The quantitative estimate of drug-likeness (QED) is 0.0468. The lowest BCUT2D eigenvalue weighted by Gasteiger charge is -2.27. The van der Waals surface area contributed by atoms with E-state index in [4.69, 9.17) is 14.2 Å². The van der Waals surface area contributed by atoms with Crippen molar-refractivity contribution in [2.24, 2.45) is 0 Å². The van der Waals surface area contributed by atoms with Crippen molar-refractivity contribution in [3.05, 3.63) is 83.7 Å². The van der Waals surface area contributed by atoms with Crippen LogP contribution in [0.5, 0.6) is 11.5 Å². The van der Waals surface area contributed by atoms with Gasteiger partial charge in [-0.3, -0.25) is 0 Å². The predicted molar refractivity (Wildman–Crippen MR) is 178 cm³/mol. The first-order valence-electron chi connectivity index (χ1n) is 17.0. The predicted octanol–water partition coefficient (Wildman–Crippen LogP) is 11.0. The molecule has 0 aliphatic rings. The molecule has 0 bridgehead atoms. The molecule has 0 saturated carbocycles. The lowest BCUT2D eigenvalue weighted by molar-refractivity contribution is -0.361. The lowest BCUT2D eigenvalue weighted by atomic mass is 10.0. The fraction of sp³-hybridized carbons (Fsp3) is 0.474. The Balaban J connectivity index is 1.38. The van der Waals surface area contributed by atoms with Crippen LogP contribution in [0, 0.1) is 5.82 Å². The number of hydrogen-bond donors (Lipinski definition) is 0. The molecular formula is C38H42F8O6. The zero-order chi connectivity index (χ0) is 38.4. The van der Waals surface area contributed by atoms with Crippen molar-refractivity contribution in [1.29, 1.82) is 0 Å². The van der Waals surface area contributed by atoms with Crippen LogP contribution in [0.3, 0.4) is 0 Å². The van der Waals surface area contributed by atoms with Gasteiger partial charge in [-0.2, -0.15) is 30.7 Å². The summed E-state index contributed by atoms with van der Waals surface area (Å²) in [6.07, 6.45) is 0.0817. The fourth-order valence-corrected chi connectivity index (χ4v) is 4.94. The highest BCUT2D eigenvalue weighted by molar-refractivity contribution is 5.92. The standard InChI is InChI=1S/C38H42F8O6/c1-3-4-5-8-11-26(2)51-34(47)29-14-12-27(13-15-29)28-16-18-30(19-17-28)52-35(48)32-21-20-31(24-33(32)39)50-23-10-7-6-9-22-49-25-36(40,41)37(42,43)38(44,45)46/h12-21,24,26H,3-11,22-23,25H2,1-2H3/t26-/m0/s1. The molecule has 3 aromatic rings. The maximum atomic E-state index is 14.7. The van der Waals surface area contributed by atoms with Gasteiger partial charge in [-0.25, -0.2) is 14.0 Å². The molecule has 0 amide bonds. The molecule has 0 aliphatic heterocycles. The Morgan fingerprint density at radius 2 is 1.27 bits per heavy atom. The SMILES string of the molecule is CCCCCC[C@H](C)OC(=O)c1ccc(-c2ccc(OC(=O)c3ccc(OCCCCCCOCC(F)(F)C(F)(F)C(F)(F)F)cc3F)cc2)cc1. The van der Waals surface area contributed by atoms with Gasteiger partial charge in [-0.05, 0) is 86.6 Å². The third-order valence-electron chi connectivity index (χ3n) is 8.00. The zero-order valence-electron chi connectivity index (χ0n) is 28.9. The minimum atomic E-state index is -6.40. The van der Waals surface area contributed by atoms with E-state index >= 15 is 0 Å². The maximum absolute atomic E-state index is 14.7. The first kappa shape index (κ1) is 42.2. The van der Waals surface area contributed by atoms with E-state index in [1.165, 1.54) is 12.1 Å². The number of hydrogen-bond acceptors (Lipinski definition) is 6. The van der Waals surface area contributed by atoms with Gasteiger partial charge >= 0.3 is 30.0 Å². The zero-order valence-corrected chi connectivity index (χ0v) is 28.9. The van der Waals surface area contributed by atoms with Crippen molar-refractivity contribution in [2.75, 3.05) is 19.8 Å². The molecule has 6 nitrogen and oxygen atoms in total. The van der Waals surface area contributed by atoms with Crippen LogP contribution in [-0.2, 0) is 9.47 Å². The van der Waals surface area contributed by atoms with Gasteiger partial charge < -0.3 is 18.9 Å². The summed E-state index contributed by atoms with van der Waals surface area (Å²) in [7, 11) is 0. The third kappa shape index (κ3) is 12.5. The summed E-state index contributed by atoms with van der Waals surface area (Å²) in [6, 6.07) is 17.1. The number of esters is 2. The normalized spacial score (nSPS) is 12.7. The highest BCUT2D eigenvalue weighted by Crippen LogP contribution is 2.46. The van der Waals surface area contributed by atoms with Crippen molar-refractivity contribution >= 4 is 11.9 Å². The number of benzene rings is 3. The number of halogens is 8. The van der Waals surface area contributed by atoms with E-state index < -0.39 is 43.0 Å². The Bertz CT molecular complexity index is 1560. The van der Waals surface area contributed by atoms with Crippen molar-refractivity contribution < 1.29 is 63.7 Å². The Kier molecular flexibility index (Phi) is 15.9. The molecule has 52 heavy (non-hydrogen) atoms. The summed E-state index contributed by atoms with van der Waals surface area (Å²) in [6.45, 7) is 1.64. The van der Waals surface area contributed by atoms with Gasteiger partial charge in [0.15, 0.2) is 0 Å². The molecule has 0 unspecified atom stereocenters. The van der Waals surface area contributed by atoms with Gasteiger partial charge in [0.2, 0.25) is 0 Å². The van der Waals surface area contributed by atoms with E-state index in [0.29, 0.717) is 24.8 Å². The number of rotatable bonds is 21. The summed E-state index contributed by atoms with van der Waals surface area (Å²) in [5.41, 5.74) is 1.72. The van der Waals surface area contributed by atoms with Crippen LogP contribution >= 0.6 is 0 Å². The number of carbonyl (C=O) groups is 2. The van der Waals surface area contributed by atoms with Crippen LogP contribution < -0.4 is 9.47 Å². The smallest absolute Gasteiger partial charge is 0.459 e. The average Bonchev–Trinajstić information content (AvgIpc) is 3.09. The van der Waals surface area contributed by atoms with Gasteiger partial charge in [0.25, 0.3) is 0 Å². The molecule has 0 N–H and O–H groups in total. The number of alkyl halides is 7. The highest BCUT2D eigenvalue weighted by Gasteiger charge is 2.73. The summed E-state index contributed by atoms with van der Waals surface area (Å²) < 4.78 is 124. The molecule has 0 fully saturated rings. The first-order chi connectivity index (χ1) is 24.6. The van der Waals surface area contributed by atoms with Crippen molar-refractivity contribution in [1.82, 2.24) is 0 Å². The molecule has 3 aromatic carbocycles. The lowest BCUT2D eigenvalue weighted by Crippen LogP contribution is -2.54. The van der Waals surface area contributed by atoms with E-state index in [-0.39, 0.29) is 42.2 Å². The van der Waals surface area contributed by atoms with E-state index in [0.717, 1.165) is 49.3 Å². The molecule has 3 rings (SSSR count). The van der Waals surface area contributed by atoms with E-state index in [2.05, 4.69) is 11.7 Å². The molecule has 0 saturated heterocycles. The van der Waals surface area contributed by atoms with Crippen LogP contribution in [0.25, 0.3) is 11.1 Å². The second kappa shape index (κ2) is 19.6. The maximum Gasteiger partial charge on any atom is 0.459 e.